The summed E-state index contributed by atoms with van der Waals surface area (Å²) in [7, 11) is 0. The summed E-state index contributed by atoms with van der Waals surface area (Å²) >= 11 is 0. The lowest BCUT2D eigenvalue weighted by atomic mass is 9.75. The van der Waals surface area contributed by atoms with Crippen molar-refractivity contribution in [2.24, 2.45) is 5.92 Å². The van der Waals surface area contributed by atoms with Crippen LogP contribution in [0.25, 0.3) is 0 Å². The fraction of sp³-hybridized carbons (Fsp3) is 0.611. The molecule has 6 heteroatoms. The van der Waals surface area contributed by atoms with Crippen LogP contribution in [0.1, 0.15) is 31.2 Å². The van der Waals surface area contributed by atoms with Crippen LogP contribution in [-0.4, -0.2) is 54.2 Å². The normalized spacial score (nSPS) is 34.3. The molecule has 4 aliphatic rings. The van der Waals surface area contributed by atoms with Gasteiger partial charge >= 0.3 is 6.09 Å². The van der Waals surface area contributed by atoms with E-state index in [4.69, 9.17) is 4.74 Å². The van der Waals surface area contributed by atoms with Crippen molar-refractivity contribution in [3.63, 3.8) is 0 Å². The third-order valence-electron chi connectivity index (χ3n) is 5.81. The molecule has 4 saturated heterocycles. The number of ether oxygens (including phenoxy) is 1. The van der Waals surface area contributed by atoms with Crippen LogP contribution in [0.5, 0.6) is 0 Å². The average molecular weight is 336 g/mol. The summed E-state index contributed by atoms with van der Waals surface area (Å²) in [6, 6.07) is 3.92. The molecule has 0 spiro atoms. The molecule has 0 aromatic heterocycles. The molecule has 4 aliphatic heterocycles. The van der Waals surface area contributed by atoms with Gasteiger partial charge in [0.25, 0.3) is 0 Å². The van der Waals surface area contributed by atoms with E-state index in [1.54, 1.807) is 11.8 Å². The molecular weight excluding hydrogens is 314 g/mol. The van der Waals surface area contributed by atoms with Crippen LogP contribution in [0, 0.1) is 17.6 Å². The standard InChI is InChI=1S/C18H22F2N2O2/c1-2-24-18(23)22-10-15(12-7-13(19)9-14(20)8-12)17-16(22)11-3-5-21(17)6-4-11/h7-9,11,15-17H,2-6,10H2,1H3/t15-,16+,17+/m0/s1. The summed E-state index contributed by atoms with van der Waals surface area (Å²) in [5.41, 5.74) is 0.641. The van der Waals surface area contributed by atoms with Gasteiger partial charge in [0.1, 0.15) is 11.6 Å². The van der Waals surface area contributed by atoms with E-state index in [0.29, 0.717) is 24.6 Å². The van der Waals surface area contributed by atoms with Crippen LogP contribution < -0.4 is 0 Å². The Morgan fingerprint density at radius 3 is 2.46 bits per heavy atom. The molecule has 1 aromatic carbocycles. The SMILES string of the molecule is CCOC(=O)N1C[C@@H](c2cc(F)cc(F)c2)[C@@H]2[C@H]1C1CCN2CC1. The number of nitrogens with zero attached hydrogens (tertiary/aromatic N) is 2. The first kappa shape index (κ1) is 15.8. The minimum Gasteiger partial charge on any atom is -0.450 e. The Labute approximate surface area is 140 Å². The van der Waals surface area contributed by atoms with E-state index in [9.17, 15) is 13.6 Å². The van der Waals surface area contributed by atoms with Crippen LogP contribution in [-0.2, 0) is 4.74 Å². The summed E-state index contributed by atoms with van der Waals surface area (Å²) in [5, 5.41) is 0. The maximum absolute atomic E-state index is 13.7. The van der Waals surface area contributed by atoms with Crippen LogP contribution in [0.15, 0.2) is 18.2 Å². The van der Waals surface area contributed by atoms with Gasteiger partial charge in [0, 0.05) is 24.6 Å². The first-order chi connectivity index (χ1) is 11.6. The van der Waals surface area contributed by atoms with Crippen molar-refractivity contribution < 1.29 is 18.3 Å². The van der Waals surface area contributed by atoms with Gasteiger partial charge in [0.2, 0.25) is 0 Å². The lowest BCUT2D eigenvalue weighted by Gasteiger charge is -2.50. The van der Waals surface area contributed by atoms with E-state index in [0.717, 1.165) is 32.0 Å². The summed E-state index contributed by atoms with van der Waals surface area (Å²) in [4.78, 5) is 16.6. The number of halogens is 2. The van der Waals surface area contributed by atoms with Crippen molar-refractivity contribution in [2.45, 2.75) is 37.8 Å². The van der Waals surface area contributed by atoms with Gasteiger partial charge in [-0.1, -0.05) is 0 Å². The zero-order chi connectivity index (χ0) is 16.8. The summed E-state index contributed by atoms with van der Waals surface area (Å²) < 4.78 is 32.7. The van der Waals surface area contributed by atoms with Crippen molar-refractivity contribution in [3.8, 4) is 0 Å². The van der Waals surface area contributed by atoms with Crippen LogP contribution in [0.4, 0.5) is 13.6 Å². The molecule has 0 saturated carbocycles. The van der Waals surface area contributed by atoms with Gasteiger partial charge < -0.3 is 9.64 Å². The predicted molar refractivity (Wildman–Crippen MR) is 84.7 cm³/mol. The first-order valence-corrected chi connectivity index (χ1v) is 8.72. The van der Waals surface area contributed by atoms with Gasteiger partial charge in [-0.2, -0.15) is 0 Å². The number of carbonyl (C=O) groups excluding carboxylic acids is 1. The Morgan fingerprint density at radius 2 is 1.83 bits per heavy atom. The van der Waals surface area contributed by atoms with Crippen molar-refractivity contribution in [3.05, 3.63) is 35.4 Å². The van der Waals surface area contributed by atoms with E-state index in [-0.39, 0.29) is 24.1 Å². The second-order valence-electron chi connectivity index (χ2n) is 7.02. The highest BCUT2D eigenvalue weighted by atomic mass is 19.1. The van der Waals surface area contributed by atoms with E-state index in [1.807, 2.05) is 0 Å². The smallest absolute Gasteiger partial charge is 0.410 e. The third kappa shape index (κ3) is 2.48. The minimum atomic E-state index is -0.563. The zero-order valence-corrected chi connectivity index (χ0v) is 13.8. The Kier molecular flexibility index (Phi) is 3.95. The number of benzene rings is 1. The second kappa shape index (κ2) is 5.99. The summed E-state index contributed by atoms with van der Waals surface area (Å²) in [6.45, 7) is 4.58. The monoisotopic (exact) mass is 336 g/mol. The lowest BCUT2D eigenvalue weighted by molar-refractivity contribution is -0.00690. The number of hydrogen-bond acceptors (Lipinski definition) is 3. The largest absolute Gasteiger partial charge is 0.450 e. The van der Waals surface area contributed by atoms with E-state index in [1.165, 1.54) is 12.1 Å². The molecule has 4 fully saturated rings. The van der Waals surface area contributed by atoms with Gasteiger partial charge in [-0.05, 0) is 56.5 Å². The number of carbonyl (C=O) groups is 1. The molecule has 4 nitrogen and oxygen atoms in total. The number of rotatable bonds is 2. The van der Waals surface area contributed by atoms with E-state index >= 15 is 0 Å². The van der Waals surface area contributed by atoms with Crippen molar-refractivity contribution in [1.82, 2.24) is 9.80 Å². The molecule has 2 bridgehead atoms. The lowest BCUT2D eigenvalue weighted by Crippen LogP contribution is -2.60. The second-order valence-corrected chi connectivity index (χ2v) is 7.02. The molecule has 0 N–H and O–H groups in total. The van der Waals surface area contributed by atoms with Crippen molar-refractivity contribution in [2.75, 3.05) is 26.2 Å². The van der Waals surface area contributed by atoms with E-state index < -0.39 is 11.6 Å². The molecule has 24 heavy (non-hydrogen) atoms. The fourth-order valence-electron chi connectivity index (χ4n) is 4.92. The highest BCUT2D eigenvalue weighted by Crippen LogP contribution is 2.46. The van der Waals surface area contributed by atoms with Gasteiger partial charge in [-0.3, -0.25) is 4.90 Å². The molecule has 4 heterocycles. The summed E-state index contributed by atoms with van der Waals surface area (Å²) in [6.07, 6.45) is 1.84. The number of hydrogen-bond donors (Lipinski definition) is 0. The van der Waals surface area contributed by atoms with Gasteiger partial charge in [0.05, 0.1) is 12.6 Å². The fourth-order valence-corrected chi connectivity index (χ4v) is 4.92. The van der Waals surface area contributed by atoms with Crippen LogP contribution in [0.3, 0.4) is 0 Å². The molecule has 3 atom stereocenters. The molecule has 0 aliphatic carbocycles. The molecule has 1 aromatic rings. The Hall–Kier alpha value is -1.69. The highest BCUT2D eigenvalue weighted by molar-refractivity contribution is 5.69. The van der Waals surface area contributed by atoms with Gasteiger partial charge in [-0.25, -0.2) is 13.6 Å². The quantitative estimate of drug-likeness (QED) is 0.832. The van der Waals surface area contributed by atoms with Crippen molar-refractivity contribution in [1.29, 1.82) is 0 Å². The van der Waals surface area contributed by atoms with Crippen LogP contribution in [0.2, 0.25) is 0 Å². The number of amides is 1. The molecule has 5 rings (SSSR count). The first-order valence-electron chi connectivity index (χ1n) is 8.72. The molecule has 0 radical (unpaired) electrons. The molecule has 130 valence electrons. The number of piperidine rings is 3. The zero-order valence-electron chi connectivity index (χ0n) is 13.8. The molecule has 1 amide bonds. The number of likely N-dealkylation sites (tertiary alicyclic amines) is 1. The Bertz CT molecular complexity index is 626. The van der Waals surface area contributed by atoms with Gasteiger partial charge in [0.15, 0.2) is 0 Å². The number of fused-ring (bicyclic) bond motifs is 2. The van der Waals surface area contributed by atoms with Gasteiger partial charge in [-0.15, -0.1) is 0 Å². The molecular formula is C18H22F2N2O2. The average Bonchev–Trinajstić information content (AvgIpc) is 2.98. The molecule has 0 unspecified atom stereocenters. The summed E-state index contributed by atoms with van der Waals surface area (Å²) in [5.74, 6) is -0.750. The van der Waals surface area contributed by atoms with E-state index in [2.05, 4.69) is 4.90 Å². The van der Waals surface area contributed by atoms with Crippen molar-refractivity contribution >= 4 is 6.09 Å². The maximum Gasteiger partial charge on any atom is 0.410 e. The van der Waals surface area contributed by atoms with Crippen LogP contribution >= 0.6 is 0 Å². The minimum absolute atomic E-state index is 0.0762. The maximum atomic E-state index is 13.7. The third-order valence-corrected chi connectivity index (χ3v) is 5.81. The predicted octanol–water partition coefficient (Wildman–Crippen LogP) is 2.98. The topological polar surface area (TPSA) is 32.8 Å². The Balaban J connectivity index is 1.71. The Morgan fingerprint density at radius 1 is 1.17 bits per heavy atom. The highest BCUT2D eigenvalue weighted by Gasteiger charge is 2.55.